The minimum Gasteiger partial charge on any atom is -0.481 e. The fraction of sp³-hybridized carbons (Fsp3) is 0.692. The minimum atomic E-state index is -0.745. The van der Waals surface area contributed by atoms with Crippen LogP contribution < -0.4 is 0 Å². The van der Waals surface area contributed by atoms with Crippen LogP contribution in [0.4, 0.5) is 0 Å². The van der Waals surface area contributed by atoms with E-state index in [0.717, 1.165) is 18.7 Å². The molecule has 1 rings (SSSR count). The van der Waals surface area contributed by atoms with E-state index >= 15 is 0 Å². The second kappa shape index (κ2) is 6.54. The molecule has 102 valence electrons. The first-order valence-electron chi connectivity index (χ1n) is 6.48. The molecule has 0 aliphatic rings. The summed E-state index contributed by atoms with van der Waals surface area (Å²) < 4.78 is 1.89. The number of carboxylic acids is 1. The van der Waals surface area contributed by atoms with Crippen molar-refractivity contribution >= 4 is 5.97 Å². The van der Waals surface area contributed by atoms with E-state index in [0.29, 0.717) is 6.54 Å². The molecule has 1 aromatic heterocycles. The number of nitrogens with zero attached hydrogens (tertiary/aromatic N) is 3. The summed E-state index contributed by atoms with van der Waals surface area (Å²) in [6, 6.07) is 0.192. The molecule has 0 aromatic carbocycles. The molecule has 0 amide bonds. The van der Waals surface area contributed by atoms with Crippen molar-refractivity contribution in [1.82, 2.24) is 14.7 Å². The fourth-order valence-corrected chi connectivity index (χ4v) is 1.97. The zero-order valence-corrected chi connectivity index (χ0v) is 11.6. The Labute approximate surface area is 108 Å². The van der Waals surface area contributed by atoms with Gasteiger partial charge in [-0.1, -0.05) is 13.8 Å². The molecule has 5 heteroatoms. The van der Waals surface area contributed by atoms with Crippen LogP contribution in [0.2, 0.25) is 0 Å². The Morgan fingerprint density at radius 2 is 2.17 bits per heavy atom. The van der Waals surface area contributed by atoms with Crippen LogP contribution in [0.5, 0.6) is 0 Å². The molecule has 1 heterocycles. The zero-order chi connectivity index (χ0) is 13.7. The first kappa shape index (κ1) is 14.7. The van der Waals surface area contributed by atoms with E-state index in [2.05, 4.69) is 23.8 Å². The van der Waals surface area contributed by atoms with Gasteiger partial charge in [0.15, 0.2) is 0 Å². The molecule has 1 N–H and O–H groups in total. The molecule has 0 saturated heterocycles. The van der Waals surface area contributed by atoms with E-state index in [4.69, 9.17) is 5.11 Å². The number of aliphatic carboxylic acids is 1. The number of carboxylic acid groups (broad SMARTS) is 1. The van der Waals surface area contributed by atoms with Gasteiger partial charge in [-0.15, -0.1) is 0 Å². The molecule has 0 bridgehead atoms. The SMILES string of the molecule is CCN(CC(C)C(=O)O)C(C)c1cnn(CC)c1. The molecule has 0 saturated carbocycles. The molecule has 2 atom stereocenters. The van der Waals surface area contributed by atoms with Crippen LogP contribution in [0.1, 0.15) is 39.3 Å². The van der Waals surface area contributed by atoms with Crippen molar-refractivity contribution in [3.05, 3.63) is 18.0 Å². The molecule has 18 heavy (non-hydrogen) atoms. The Morgan fingerprint density at radius 1 is 1.50 bits per heavy atom. The second-order valence-electron chi connectivity index (χ2n) is 4.63. The lowest BCUT2D eigenvalue weighted by Crippen LogP contribution is -2.33. The molecule has 2 unspecified atom stereocenters. The summed E-state index contributed by atoms with van der Waals surface area (Å²) in [5.74, 6) is -1.10. The topological polar surface area (TPSA) is 58.4 Å². The van der Waals surface area contributed by atoms with E-state index < -0.39 is 5.97 Å². The van der Waals surface area contributed by atoms with Crippen molar-refractivity contribution < 1.29 is 9.90 Å². The summed E-state index contributed by atoms with van der Waals surface area (Å²) in [4.78, 5) is 13.1. The van der Waals surface area contributed by atoms with Crippen molar-refractivity contribution in [2.45, 2.75) is 40.3 Å². The predicted octanol–water partition coefficient (Wildman–Crippen LogP) is 2.01. The third-order valence-corrected chi connectivity index (χ3v) is 3.34. The predicted molar refractivity (Wildman–Crippen MR) is 70.4 cm³/mol. The quantitative estimate of drug-likeness (QED) is 0.807. The summed E-state index contributed by atoms with van der Waals surface area (Å²) in [5.41, 5.74) is 1.14. The summed E-state index contributed by atoms with van der Waals surface area (Å²) >= 11 is 0. The highest BCUT2D eigenvalue weighted by atomic mass is 16.4. The Kier molecular flexibility index (Phi) is 5.34. The minimum absolute atomic E-state index is 0.192. The molecule has 1 aromatic rings. The first-order chi connectivity index (χ1) is 8.49. The molecule has 0 aliphatic heterocycles. The van der Waals surface area contributed by atoms with Crippen molar-refractivity contribution in [3.8, 4) is 0 Å². The third kappa shape index (κ3) is 3.57. The van der Waals surface area contributed by atoms with E-state index in [9.17, 15) is 4.79 Å². The van der Waals surface area contributed by atoms with Gasteiger partial charge in [0.2, 0.25) is 0 Å². The molecule has 0 spiro atoms. The van der Waals surface area contributed by atoms with Gasteiger partial charge in [0.1, 0.15) is 0 Å². The highest BCUT2D eigenvalue weighted by Gasteiger charge is 2.21. The highest BCUT2D eigenvalue weighted by molar-refractivity contribution is 5.69. The smallest absolute Gasteiger partial charge is 0.307 e. The van der Waals surface area contributed by atoms with E-state index in [1.54, 1.807) is 6.92 Å². The van der Waals surface area contributed by atoms with Crippen LogP contribution in [0.3, 0.4) is 0 Å². The summed E-state index contributed by atoms with van der Waals surface area (Å²) in [6.07, 6.45) is 3.89. The normalized spacial score (nSPS) is 14.7. The third-order valence-electron chi connectivity index (χ3n) is 3.34. The van der Waals surface area contributed by atoms with Crippen LogP contribution in [-0.4, -0.2) is 38.8 Å². The Balaban J connectivity index is 2.72. The molecule has 0 aliphatic carbocycles. The maximum Gasteiger partial charge on any atom is 0.307 e. The van der Waals surface area contributed by atoms with Gasteiger partial charge in [0.05, 0.1) is 12.1 Å². The Hall–Kier alpha value is -1.36. The maximum atomic E-state index is 10.9. The van der Waals surface area contributed by atoms with Gasteiger partial charge in [-0.3, -0.25) is 14.4 Å². The molecule has 0 radical (unpaired) electrons. The van der Waals surface area contributed by atoms with Crippen LogP contribution in [0.25, 0.3) is 0 Å². The number of carbonyl (C=O) groups is 1. The average molecular weight is 253 g/mol. The van der Waals surface area contributed by atoms with Crippen LogP contribution in [0, 0.1) is 5.92 Å². The standard InChI is InChI=1S/C13H23N3O2/c1-5-15(8-10(3)13(17)18)11(4)12-7-14-16(6-2)9-12/h7,9-11H,5-6,8H2,1-4H3,(H,17,18). The molecular weight excluding hydrogens is 230 g/mol. The first-order valence-corrected chi connectivity index (χ1v) is 6.48. The number of hydrogen-bond donors (Lipinski definition) is 1. The van der Waals surface area contributed by atoms with Gasteiger partial charge >= 0.3 is 5.97 Å². The number of rotatable bonds is 7. The van der Waals surface area contributed by atoms with Crippen LogP contribution in [-0.2, 0) is 11.3 Å². The lowest BCUT2D eigenvalue weighted by Gasteiger charge is -2.28. The van der Waals surface area contributed by atoms with Crippen molar-refractivity contribution in [2.24, 2.45) is 5.92 Å². The van der Waals surface area contributed by atoms with Gasteiger partial charge in [0.25, 0.3) is 0 Å². The van der Waals surface area contributed by atoms with Gasteiger partial charge < -0.3 is 5.11 Å². The Morgan fingerprint density at radius 3 is 2.61 bits per heavy atom. The number of aryl methyl sites for hydroxylation is 1. The number of hydrogen-bond acceptors (Lipinski definition) is 3. The molecular formula is C13H23N3O2. The number of aromatic nitrogens is 2. The van der Waals surface area contributed by atoms with Crippen molar-refractivity contribution in [3.63, 3.8) is 0 Å². The van der Waals surface area contributed by atoms with Gasteiger partial charge in [-0.05, 0) is 20.4 Å². The maximum absolute atomic E-state index is 10.9. The lowest BCUT2D eigenvalue weighted by molar-refractivity contribution is -0.141. The largest absolute Gasteiger partial charge is 0.481 e. The van der Waals surface area contributed by atoms with Crippen LogP contribution >= 0.6 is 0 Å². The van der Waals surface area contributed by atoms with Gasteiger partial charge in [-0.2, -0.15) is 5.10 Å². The van der Waals surface area contributed by atoms with Gasteiger partial charge in [-0.25, -0.2) is 0 Å². The molecule has 0 fully saturated rings. The summed E-state index contributed by atoms with van der Waals surface area (Å²) in [5, 5.41) is 13.2. The molecule has 5 nitrogen and oxygen atoms in total. The van der Waals surface area contributed by atoms with Crippen molar-refractivity contribution in [1.29, 1.82) is 0 Å². The van der Waals surface area contributed by atoms with E-state index in [1.807, 2.05) is 24.0 Å². The van der Waals surface area contributed by atoms with E-state index in [1.165, 1.54) is 0 Å². The lowest BCUT2D eigenvalue weighted by atomic mass is 10.1. The van der Waals surface area contributed by atoms with Gasteiger partial charge in [0, 0.05) is 30.9 Å². The Bertz CT molecular complexity index is 389. The summed E-state index contributed by atoms with van der Waals surface area (Å²) in [7, 11) is 0. The highest BCUT2D eigenvalue weighted by Crippen LogP contribution is 2.20. The van der Waals surface area contributed by atoms with Crippen molar-refractivity contribution in [2.75, 3.05) is 13.1 Å². The average Bonchev–Trinajstić information content (AvgIpc) is 2.83. The van der Waals surface area contributed by atoms with E-state index in [-0.39, 0.29) is 12.0 Å². The zero-order valence-electron chi connectivity index (χ0n) is 11.6. The monoisotopic (exact) mass is 253 g/mol. The van der Waals surface area contributed by atoms with Crippen LogP contribution in [0.15, 0.2) is 12.4 Å². The second-order valence-corrected chi connectivity index (χ2v) is 4.63. The summed E-state index contributed by atoms with van der Waals surface area (Å²) in [6.45, 7) is 10.2. The fourth-order valence-electron chi connectivity index (χ4n) is 1.97.